The number of benzene rings is 1. The van der Waals surface area contributed by atoms with E-state index in [1.807, 2.05) is 13.0 Å². The molecule has 2 heterocycles. The number of rotatable bonds is 2. The highest BCUT2D eigenvalue weighted by Gasteiger charge is 2.27. The van der Waals surface area contributed by atoms with Gasteiger partial charge in [-0.25, -0.2) is 4.98 Å². The molecule has 0 radical (unpaired) electrons. The van der Waals surface area contributed by atoms with Crippen LogP contribution in [0.2, 0.25) is 5.02 Å². The number of hydrogen-bond donors (Lipinski definition) is 0. The smallest absolute Gasteiger partial charge is 0.145 e. The fourth-order valence-corrected chi connectivity index (χ4v) is 5.48. The van der Waals surface area contributed by atoms with E-state index in [0.717, 1.165) is 26.1 Å². The zero-order valence-corrected chi connectivity index (χ0v) is 13.7. The molecule has 0 spiro atoms. The van der Waals surface area contributed by atoms with Gasteiger partial charge in [0, 0.05) is 28.4 Å². The fourth-order valence-electron chi connectivity index (χ4n) is 2.12. The van der Waals surface area contributed by atoms with Crippen LogP contribution >= 0.6 is 35.1 Å². The maximum atomic E-state index is 9.40. The Hall–Kier alpha value is -1.35. The van der Waals surface area contributed by atoms with Crippen LogP contribution in [0, 0.1) is 18.3 Å². The molecule has 6 heteroatoms. The van der Waals surface area contributed by atoms with E-state index >= 15 is 0 Å². The minimum atomic E-state index is 0.282. The Bertz CT molecular complexity index is 732. The molecule has 1 aromatic carbocycles. The Labute approximate surface area is 137 Å². The molecule has 0 N–H and O–H groups in total. The number of imidazole rings is 1. The Morgan fingerprint density at radius 1 is 1.52 bits per heavy atom. The second-order valence-electron chi connectivity index (χ2n) is 4.66. The van der Waals surface area contributed by atoms with Crippen LogP contribution in [0.1, 0.15) is 16.4 Å². The SMILES string of the molecule is Cc1ccc(C2CS/C(=C(/C#N)n3ccnc3)S2)c(Cl)c1. The minimum Gasteiger partial charge on any atom is -0.296 e. The van der Waals surface area contributed by atoms with Gasteiger partial charge in [0.1, 0.15) is 11.8 Å². The van der Waals surface area contributed by atoms with Crippen LogP contribution in [-0.4, -0.2) is 15.3 Å². The van der Waals surface area contributed by atoms with E-state index in [1.54, 1.807) is 46.8 Å². The molecule has 1 fully saturated rings. The molecule has 2 aromatic rings. The lowest BCUT2D eigenvalue weighted by molar-refractivity contribution is 1.10. The summed E-state index contributed by atoms with van der Waals surface area (Å²) in [7, 11) is 0. The maximum Gasteiger partial charge on any atom is 0.145 e. The van der Waals surface area contributed by atoms with Crippen molar-refractivity contribution in [2.75, 3.05) is 5.75 Å². The third-order valence-corrected chi connectivity index (χ3v) is 6.43. The average Bonchev–Trinajstić information content (AvgIpc) is 3.12. The average molecular weight is 334 g/mol. The molecule has 21 heavy (non-hydrogen) atoms. The third kappa shape index (κ3) is 2.98. The molecule has 0 saturated carbocycles. The Kier molecular flexibility index (Phi) is 4.29. The van der Waals surface area contributed by atoms with Gasteiger partial charge in [-0.05, 0) is 24.1 Å². The molecule has 1 unspecified atom stereocenters. The van der Waals surface area contributed by atoms with E-state index in [4.69, 9.17) is 11.6 Å². The number of hydrogen-bond acceptors (Lipinski definition) is 4. The van der Waals surface area contributed by atoms with Gasteiger partial charge in [-0.15, -0.1) is 23.5 Å². The van der Waals surface area contributed by atoms with Crippen LogP contribution < -0.4 is 0 Å². The van der Waals surface area contributed by atoms with Gasteiger partial charge in [-0.3, -0.25) is 4.57 Å². The van der Waals surface area contributed by atoms with Crippen molar-refractivity contribution in [3.8, 4) is 6.07 Å². The minimum absolute atomic E-state index is 0.282. The number of nitrogens with zero attached hydrogens (tertiary/aromatic N) is 3. The summed E-state index contributed by atoms with van der Waals surface area (Å²) in [6.45, 7) is 2.03. The lowest BCUT2D eigenvalue weighted by Crippen LogP contribution is -1.94. The zero-order chi connectivity index (χ0) is 14.8. The summed E-state index contributed by atoms with van der Waals surface area (Å²) < 4.78 is 2.78. The molecular formula is C15H12ClN3S2. The summed E-state index contributed by atoms with van der Waals surface area (Å²) >= 11 is 9.76. The van der Waals surface area contributed by atoms with Gasteiger partial charge in [0.05, 0.1) is 10.6 Å². The van der Waals surface area contributed by atoms with Crippen molar-refractivity contribution in [3.05, 3.63) is 57.3 Å². The number of thioether (sulfide) groups is 2. The van der Waals surface area contributed by atoms with Crippen LogP contribution in [0.5, 0.6) is 0 Å². The number of nitriles is 1. The Morgan fingerprint density at radius 3 is 3.05 bits per heavy atom. The highest BCUT2D eigenvalue weighted by molar-refractivity contribution is 8.25. The van der Waals surface area contributed by atoms with Crippen LogP contribution in [0.4, 0.5) is 0 Å². The van der Waals surface area contributed by atoms with Crippen LogP contribution in [0.25, 0.3) is 5.70 Å². The molecule has 3 rings (SSSR count). The first kappa shape index (κ1) is 14.6. The van der Waals surface area contributed by atoms with Crippen molar-refractivity contribution in [2.45, 2.75) is 12.2 Å². The van der Waals surface area contributed by atoms with Crippen molar-refractivity contribution in [2.24, 2.45) is 0 Å². The van der Waals surface area contributed by atoms with Gasteiger partial charge < -0.3 is 0 Å². The first-order valence-electron chi connectivity index (χ1n) is 6.37. The molecule has 1 saturated heterocycles. The van der Waals surface area contributed by atoms with Gasteiger partial charge in [0.2, 0.25) is 0 Å². The number of aromatic nitrogens is 2. The summed E-state index contributed by atoms with van der Waals surface area (Å²) in [5.41, 5.74) is 2.93. The standard InChI is InChI=1S/C15H12ClN3S2/c1-10-2-3-11(12(16)6-10)14-8-20-15(21-14)13(7-17)19-5-4-18-9-19/h2-6,9,14H,8H2,1H3/b15-13+. The maximum absolute atomic E-state index is 9.40. The monoisotopic (exact) mass is 333 g/mol. The second kappa shape index (κ2) is 6.18. The molecule has 106 valence electrons. The molecule has 0 amide bonds. The lowest BCUT2D eigenvalue weighted by Gasteiger charge is -2.11. The molecule has 1 aliphatic rings. The van der Waals surface area contributed by atoms with E-state index < -0.39 is 0 Å². The van der Waals surface area contributed by atoms with E-state index in [2.05, 4.69) is 23.2 Å². The summed E-state index contributed by atoms with van der Waals surface area (Å²) in [6.07, 6.45) is 5.12. The first-order valence-corrected chi connectivity index (χ1v) is 8.61. The van der Waals surface area contributed by atoms with Gasteiger partial charge in [0.25, 0.3) is 0 Å². The van der Waals surface area contributed by atoms with Crippen molar-refractivity contribution in [1.29, 1.82) is 5.26 Å². The van der Waals surface area contributed by atoms with Gasteiger partial charge >= 0.3 is 0 Å². The van der Waals surface area contributed by atoms with Crippen molar-refractivity contribution in [3.63, 3.8) is 0 Å². The largest absolute Gasteiger partial charge is 0.296 e. The molecule has 0 aliphatic carbocycles. The predicted molar refractivity (Wildman–Crippen MR) is 90.0 cm³/mol. The van der Waals surface area contributed by atoms with E-state index in [0.29, 0.717) is 5.70 Å². The van der Waals surface area contributed by atoms with Crippen LogP contribution in [0.3, 0.4) is 0 Å². The zero-order valence-electron chi connectivity index (χ0n) is 11.3. The normalized spacial score (nSPS) is 20.3. The molecule has 0 bridgehead atoms. The van der Waals surface area contributed by atoms with Crippen molar-refractivity contribution >= 4 is 40.8 Å². The van der Waals surface area contributed by atoms with Crippen molar-refractivity contribution in [1.82, 2.24) is 9.55 Å². The van der Waals surface area contributed by atoms with Crippen LogP contribution in [0.15, 0.2) is 41.2 Å². The lowest BCUT2D eigenvalue weighted by atomic mass is 10.1. The van der Waals surface area contributed by atoms with Crippen LogP contribution in [-0.2, 0) is 0 Å². The van der Waals surface area contributed by atoms with E-state index in [1.165, 1.54) is 0 Å². The third-order valence-electron chi connectivity index (χ3n) is 3.18. The number of halogens is 1. The molecule has 1 aromatic heterocycles. The van der Waals surface area contributed by atoms with E-state index in [9.17, 15) is 5.26 Å². The first-order chi connectivity index (χ1) is 10.2. The highest BCUT2D eigenvalue weighted by Crippen LogP contribution is 2.53. The Morgan fingerprint density at radius 2 is 2.38 bits per heavy atom. The summed E-state index contributed by atoms with van der Waals surface area (Å²) in [5, 5.41) is 10.5. The Balaban J connectivity index is 1.90. The molecule has 1 atom stereocenters. The predicted octanol–water partition coefficient (Wildman–Crippen LogP) is 4.72. The number of allylic oxidation sites excluding steroid dienone is 1. The molecule has 1 aliphatic heterocycles. The molecular weight excluding hydrogens is 322 g/mol. The second-order valence-corrected chi connectivity index (χ2v) is 7.57. The molecule has 3 nitrogen and oxygen atoms in total. The van der Waals surface area contributed by atoms with Gasteiger partial charge in [0.15, 0.2) is 0 Å². The summed E-state index contributed by atoms with van der Waals surface area (Å²) in [5.74, 6) is 0.919. The fraction of sp³-hybridized carbons (Fsp3) is 0.200. The quantitative estimate of drug-likeness (QED) is 0.746. The van der Waals surface area contributed by atoms with Crippen molar-refractivity contribution < 1.29 is 0 Å². The summed E-state index contributed by atoms with van der Waals surface area (Å²) in [4.78, 5) is 4.00. The van der Waals surface area contributed by atoms with E-state index in [-0.39, 0.29) is 5.25 Å². The number of aryl methyl sites for hydroxylation is 1. The van der Waals surface area contributed by atoms with Gasteiger partial charge in [-0.2, -0.15) is 5.26 Å². The topological polar surface area (TPSA) is 41.6 Å². The van der Waals surface area contributed by atoms with Gasteiger partial charge in [-0.1, -0.05) is 23.7 Å². The highest BCUT2D eigenvalue weighted by atomic mass is 35.5. The summed E-state index contributed by atoms with van der Waals surface area (Å²) in [6, 6.07) is 8.43.